The van der Waals surface area contributed by atoms with Gasteiger partial charge < -0.3 is 10.2 Å². The molecule has 0 spiro atoms. The Kier molecular flexibility index (Phi) is 1.92. The van der Waals surface area contributed by atoms with Crippen molar-refractivity contribution in [2.75, 3.05) is 0 Å². The predicted molar refractivity (Wildman–Crippen MR) is 39.8 cm³/mol. The van der Waals surface area contributed by atoms with Crippen LogP contribution in [0.25, 0.3) is 0 Å². The van der Waals surface area contributed by atoms with Crippen molar-refractivity contribution in [3.63, 3.8) is 0 Å². The van der Waals surface area contributed by atoms with Crippen molar-refractivity contribution >= 4 is 23.2 Å². The number of halogens is 2. The average Bonchev–Trinajstić information content (AvgIpc) is 1.84. The minimum atomic E-state index is -0.269. The number of hydrogen-bond acceptors (Lipinski definition) is 2. The lowest BCUT2D eigenvalue weighted by atomic mass is 10.3. The Bertz CT molecular complexity index is 210. The quantitative estimate of drug-likeness (QED) is 0.600. The minimum absolute atomic E-state index is 0.219. The Hall–Kier alpha value is -0.600. The van der Waals surface area contributed by atoms with Crippen LogP contribution in [-0.2, 0) is 0 Å². The fraction of sp³-hybridized carbons (Fsp3) is 0. The molecule has 0 saturated carbocycles. The second kappa shape index (κ2) is 2.56. The summed E-state index contributed by atoms with van der Waals surface area (Å²) in [7, 11) is 0. The van der Waals surface area contributed by atoms with Crippen LogP contribution in [0.1, 0.15) is 0 Å². The maximum absolute atomic E-state index is 8.83. The standard InChI is InChI=1S/C6H4Cl2O2/c7-3-1-5(9)6(10)2-4(3)8/h1-2,9-10H. The van der Waals surface area contributed by atoms with Gasteiger partial charge in [0.25, 0.3) is 0 Å². The van der Waals surface area contributed by atoms with E-state index in [1.807, 2.05) is 0 Å². The van der Waals surface area contributed by atoms with Crippen molar-refractivity contribution in [2.24, 2.45) is 0 Å². The Morgan fingerprint density at radius 2 is 1.20 bits per heavy atom. The molecule has 0 aliphatic rings. The molecule has 2 nitrogen and oxygen atoms in total. The molecule has 0 aliphatic heterocycles. The number of rotatable bonds is 0. The molecule has 0 radical (unpaired) electrons. The first-order valence-electron chi connectivity index (χ1n) is 2.48. The molecule has 4 heteroatoms. The van der Waals surface area contributed by atoms with E-state index < -0.39 is 0 Å². The molecule has 0 atom stereocenters. The van der Waals surface area contributed by atoms with Gasteiger partial charge in [-0.25, -0.2) is 0 Å². The third-order valence-corrected chi connectivity index (χ3v) is 1.74. The van der Waals surface area contributed by atoms with Gasteiger partial charge in [0.2, 0.25) is 0 Å². The lowest BCUT2D eigenvalue weighted by Gasteiger charge is -1.98. The summed E-state index contributed by atoms with van der Waals surface area (Å²) in [5, 5.41) is 18.1. The summed E-state index contributed by atoms with van der Waals surface area (Å²) in [5.74, 6) is -0.538. The van der Waals surface area contributed by atoms with Crippen LogP contribution in [-0.4, -0.2) is 10.2 Å². The van der Waals surface area contributed by atoms with E-state index in [0.717, 1.165) is 0 Å². The monoisotopic (exact) mass is 178 g/mol. The zero-order valence-electron chi connectivity index (χ0n) is 4.81. The highest BCUT2D eigenvalue weighted by Gasteiger charge is 2.03. The van der Waals surface area contributed by atoms with Crippen LogP contribution in [0, 0.1) is 0 Å². The van der Waals surface area contributed by atoms with E-state index in [2.05, 4.69) is 0 Å². The summed E-state index contributed by atoms with van der Waals surface area (Å²) in [4.78, 5) is 0. The zero-order valence-corrected chi connectivity index (χ0v) is 6.32. The van der Waals surface area contributed by atoms with Crippen LogP contribution in [0.3, 0.4) is 0 Å². The van der Waals surface area contributed by atoms with Crippen molar-refractivity contribution in [1.82, 2.24) is 0 Å². The highest BCUT2D eigenvalue weighted by Crippen LogP contribution is 2.33. The van der Waals surface area contributed by atoms with Crippen LogP contribution in [0.15, 0.2) is 12.1 Å². The van der Waals surface area contributed by atoms with Gasteiger partial charge in [0, 0.05) is 12.1 Å². The van der Waals surface area contributed by atoms with Crippen LogP contribution in [0.5, 0.6) is 11.5 Å². The molecule has 1 aromatic carbocycles. The Balaban J connectivity index is 3.28. The van der Waals surface area contributed by atoms with E-state index in [1.54, 1.807) is 0 Å². The molecule has 1 rings (SSSR count). The summed E-state index contributed by atoms with van der Waals surface area (Å²) in [5.41, 5.74) is 0. The van der Waals surface area contributed by atoms with Gasteiger partial charge in [-0.2, -0.15) is 0 Å². The normalized spacial score (nSPS) is 9.80. The van der Waals surface area contributed by atoms with Gasteiger partial charge in [-0.15, -0.1) is 0 Å². The topological polar surface area (TPSA) is 40.5 Å². The lowest BCUT2D eigenvalue weighted by Crippen LogP contribution is -1.70. The highest BCUT2D eigenvalue weighted by molar-refractivity contribution is 6.42. The molecule has 0 aliphatic carbocycles. The molecule has 0 unspecified atom stereocenters. The van der Waals surface area contributed by atoms with E-state index >= 15 is 0 Å². The van der Waals surface area contributed by atoms with Gasteiger partial charge in [-0.1, -0.05) is 23.2 Å². The summed E-state index contributed by atoms with van der Waals surface area (Å²) >= 11 is 11.0. The number of phenolic OH excluding ortho intramolecular Hbond substituents is 2. The van der Waals surface area contributed by atoms with Crippen LogP contribution in [0.4, 0.5) is 0 Å². The van der Waals surface area contributed by atoms with Gasteiger partial charge in [-0.3, -0.25) is 0 Å². The van der Waals surface area contributed by atoms with Crippen molar-refractivity contribution in [2.45, 2.75) is 0 Å². The first-order valence-corrected chi connectivity index (χ1v) is 3.24. The van der Waals surface area contributed by atoms with Crippen molar-refractivity contribution in [1.29, 1.82) is 0 Å². The number of benzene rings is 1. The molecule has 0 aromatic heterocycles. The number of hydrogen-bond donors (Lipinski definition) is 2. The Morgan fingerprint density at radius 3 is 1.50 bits per heavy atom. The Morgan fingerprint density at radius 1 is 0.900 bits per heavy atom. The van der Waals surface area contributed by atoms with Crippen LogP contribution in [0.2, 0.25) is 10.0 Å². The molecule has 2 N–H and O–H groups in total. The molecule has 0 bridgehead atoms. The van der Waals surface area contributed by atoms with E-state index in [1.165, 1.54) is 12.1 Å². The molecule has 0 saturated heterocycles. The highest BCUT2D eigenvalue weighted by atomic mass is 35.5. The summed E-state index contributed by atoms with van der Waals surface area (Å²) < 4.78 is 0. The summed E-state index contributed by atoms with van der Waals surface area (Å²) in [6, 6.07) is 2.36. The fourth-order valence-corrected chi connectivity index (χ4v) is 0.842. The number of phenols is 2. The first kappa shape index (κ1) is 7.51. The summed E-state index contributed by atoms with van der Waals surface area (Å²) in [6.45, 7) is 0. The lowest BCUT2D eigenvalue weighted by molar-refractivity contribution is 0.404. The van der Waals surface area contributed by atoms with Crippen LogP contribution >= 0.6 is 23.2 Å². The van der Waals surface area contributed by atoms with Crippen molar-refractivity contribution < 1.29 is 10.2 Å². The molecule has 0 amide bonds. The average molecular weight is 179 g/mol. The summed E-state index contributed by atoms with van der Waals surface area (Å²) in [6.07, 6.45) is 0. The first-order chi connectivity index (χ1) is 4.61. The van der Waals surface area contributed by atoms with Gasteiger partial charge in [0.1, 0.15) is 0 Å². The predicted octanol–water partition coefficient (Wildman–Crippen LogP) is 2.40. The number of aromatic hydroxyl groups is 2. The van der Waals surface area contributed by atoms with Crippen molar-refractivity contribution in [3.05, 3.63) is 22.2 Å². The van der Waals surface area contributed by atoms with Gasteiger partial charge in [0.15, 0.2) is 11.5 Å². The smallest absolute Gasteiger partial charge is 0.159 e. The molecule has 54 valence electrons. The fourth-order valence-electron chi connectivity index (χ4n) is 0.526. The SMILES string of the molecule is Oc1cc(Cl)c(Cl)cc1O. The van der Waals surface area contributed by atoms with E-state index in [4.69, 9.17) is 33.4 Å². The second-order valence-electron chi connectivity index (χ2n) is 1.76. The zero-order chi connectivity index (χ0) is 7.72. The molecule has 0 heterocycles. The molecular formula is C6H4Cl2O2. The third kappa shape index (κ3) is 1.28. The molecule has 10 heavy (non-hydrogen) atoms. The molecule has 0 fully saturated rings. The van der Waals surface area contributed by atoms with E-state index in [-0.39, 0.29) is 21.5 Å². The van der Waals surface area contributed by atoms with E-state index in [9.17, 15) is 0 Å². The molecular weight excluding hydrogens is 175 g/mol. The molecule has 1 aromatic rings. The van der Waals surface area contributed by atoms with Crippen molar-refractivity contribution in [3.8, 4) is 11.5 Å². The second-order valence-corrected chi connectivity index (χ2v) is 2.57. The van der Waals surface area contributed by atoms with Gasteiger partial charge in [-0.05, 0) is 0 Å². The minimum Gasteiger partial charge on any atom is -0.504 e. The maximum Gasteiger partial charge on any atom is 0.159 e. The largest absolute Gasteiger partial charge is 0.504 e. The van der Waals surface area contributed by atoms with Gasteiger partial charge in [0.05, 0.1) is 10.0 Å². The van der Waals surface area contributed by atoms with Gasteiger partial charge >= 0.3 is 0 Å². The maximum atomic E-state index is 8.83. The van der Waals surface area contributed by atoms with E-state index in [0.29, 0.717) is 0 Å². The third-order valence-electron chi connectivity index (χ3n) is 1.02. The Labute approximate surface area is 67.6 Å². The van der Waals surface area contributed by atoms with Crippen LogP contribution < -0.4 is 0 Å².